The predicted octanol–water partition coefficient (Wildman–Crippen LogP) is 6.31. The van der Waals surface area contributed by atoms with E-state index in [1.54, 1.807) is 12.1 Å². The number of nitrogens with zero attached hydrogens (tertiary/aromatic N) is 1. The number of hydrogen-bond donors (Lipinski definition) is 3. The van der Waals surface area contributed by atoms with Crippen molar-refractivity contribution in [2.75, 3.05) is 18.0 Å². The molecular formula is C34H32FN3O5. The molecule has 2 fully saturated rings. The molecule has 8 nitrogen and oxygen atoms in total. The van der Waals surface area contributed by atoms with Gasteiger partial charge in [0.05, 0.1) is 16.8 Å². The summed E-state index contributed by atoms with van der Waals surface area (Å²) in [5.74, 6) is -1.83. The van der Waals surface area contributed by atoms with Crippen molar-refractivity contribution in [2.24, 2.45) is 17.8 Å². The van der Waals surface area contributed by atoms with Crippen LogP contribution in [0.25, 0.3) is 44.0 Å². The average Bonchev–Trinajstić information content (AvgIpc) is 3.71. The van der Waals surface area contributed by atoms with Crippen LogP contribution in [-0.2, 0) is 4.79 Å². The number of furan rings is 1. The fourth-order valence-corrected chi connectivity index (χ4v) is 7.52. The Bertz CT molecular complexity index is 1990. The van der Waals surface area contributed by atoms with Gasteiger partial charge < -0.3 is 24.7 Å². The highest BCUT2D eigenvalue weighted by Crippen LogP contribution is 2.48. The molecule has 2 unspecified atom stereocenters. The lowest BCUT2D eigenvalue weighted by Gasteiger charge is -2.29. The molecule has 5 aromatic rings. The van der Waals surface area contributed by atoms with Crippen LogP contribution < -0.4 is 15.8 Å². The van der Waals surface area contributed by atoms with Crippen molar-refractivity contribution in [3.8, 4) is 11.1 Å². The molecule has 0 saturated heterocycles. The minimum absolute atomic E-state index is 0.117. The average molecular weight is 582 g/mol. The molecule has 4 atom stereocenters. The maximum Gasteiger partial charge on any atom is 0.308 e. The first kappa shape index (κ1) is 27.2. The van der Waals surface area contributed by atoms with Gasteiger partial charge in [0.2, 0.25) is 0 Å². The molecule has 2 saturated carbocycles. The number of aromatic nitrogens is 1. The van der Waals surface area contributed by atoms with Crippen LogP contribution in [0.1, 0.15) is 43.5 Å². The van der Waals surface area contributed by atoms with E-state index in [9.17, 15) is 23.9 Å². The van der Waals surface area contributed by atoms with E-state index in [4.69, 9.17) is 4.42 Å². The summed E-state index contributed by atoms with van der Waals surface area (Å²) < 4.78 is 20.2. The molecule has 2 heterocycles. The number of benzene rings is 3. The van der Waals surface area contributed by atoms with Gasteiger partial charge in [-0.2, -0.15) is 0 Å². The normalized spacial score (nSPS) is 21.2. The summed E-state index contributed by atoms with van der Waals surface area (Å²) >= 11 is 0. The summed E-state index contributed by atoms with van der Waals surface area (Å²) in [6, 6.07) is 15.0. The standard InChI is InChI=1S/C34H32FN3O5/c1-3-38(4-2)26-16-27-24(29-31(43-27)22-11-10-21(35)14-25(22)36-33(29)40)15-23(26)17-6-5-7-20(12-17)32(39)37-30-19-9-8-18(13-19)28(30)34(41)42/h5-7,10-12,14-16,18-19,28,30H,3-4,8-9,13H2,1-2H3,(H,36,40)(H,37,39)(H,41,42)/t18?,19?,28-,30+/m1/s1. The van der Waals surface area contributed by atoms with E-state index in [0.29, 0.717) is 38.4 Å². The van der Waals surface area contributed by atoms with E-state index in [-0.39, 0.29) is 29.3 Å². The number of carbonyl (C=O) groups is 2. The topological polar surface area (TPSA) is 116 Å². The second-order valence-electron chi connectivity index (χ2n) is 11.8. The molecule has 7 rings (SSSR count). The smallest absolute Gasteiger partial charge is 0.308 e. The van der Waals surface area contributed by atoms with E-state index in [2.05, 4.69) is 29.0 Å². The monoisotopic (exact) mass is 581 g/mol. The van der Waals surface area contributed by atoms with Gasteiger partial charge in [0.25, 0.3) is 11.5 Å². The Kier molecular flexibility index (Phi) is 6.49. The van der Waals surface area contributed by atoms with E-state index < -0.39 is 17.7 Å². The highest BCUT2D eigenvalue weighted by atomic mass is 19.1. The van der Waals surface area contributed by atoms with Gasteiger partial charge in [0.1, 0.15) is 17.0 Å². The number of rotatable bonds is 7. The fourth-order valence-electron chi connectivity index (χ4n) is 7.52. The molecule has 2 aromatic heterocycles. The van der Waals surface area contributed by atoms with Crippen LogP contribution in [0.5, 0.6) is 0 Å². The first-order valence-corrected chi connectivity index (χ1v) is 14.9. The summed E-state index contributed by atoms with van der Waals surface area (Å²) in [5.41, 5.74) is 3.86. The van der Waals surface area contributed by atoms with Crippen LogP contribution in [-0.4, -0.2) is 41.1 Å². The molecule has 2 aliphatic carbocycles. The zero-order valence-electron chi connectivity index (χ0n) is 23.9. The summed E-state index contributed by atoms with van der Waals surface area (Å²) in [6.45, 7) is 5.56. The molecule has 43 heavy (non-hydrogen) atoms. The van der Waals surface area contributed by atoms with Gasteiger partial charge in [-0.25, -0.2) is 4.39 Å². The van der Waals surface area contributed by atoms with E-state index in [0.717, 1.165) is 49.2 Å². The molecule has 3 N–H and O–H groups in total. The van der Waals surface area contributed by atoms with Crippen molar-refractivity contribution in [3.63, 3.8) is 0 Å². The van der Waals surface area contributed by atoms with E-state index in [1.165, 1.54) is 12.1 Å². The third-order valence-corrected chi connectivity index (χ3v) is 9.55. The minimum atomic E-state index is -0.844. The maximum absolute atomic E-state index is 13.9. The molecule has 0 radical (unpaired) electrons. The number of H-pyrrole nitrogens is 1. The predicted molar refractivity (Wildman–Crippen MR) is 164 cm³/mol. The Hall–Kier alpha value is -4.66. The van der Waals surface area contributed by atoms with Crippen LogP contribution >= 0.6 is 0 Å². The molecule has 1 amide bonds. The second-order valence-corrected chi connectivity index (χ2v) is 11.8. The number of halogens is 1. The molecule has 2 aliphatic rings. The van der Waals surface area contributed by atoms with Crippen LogP contribution in [0.15, 0.2) is 63.8 Å². The van der Waals surface area contributed by atoms with Crippen LogP contribution in [0.3, 0.4) is 0 Å². The summed E-state index contributed by atoms with van der Waals surface area (Å²) in [6.07, 6.45) is 2.68. The summed E-state index contributed by atoms with van der Waals surface area (Å²) in [7, 11) is 0. The highest BCUT2D eigenvalue weighted by molar-refractivity contribution is 6.15. The van der Waals surface area contributed by atoms with Crippen molar-refractivity contribution >= 4 is 50.4 Å². The SMILES string of the molecule is CCN(CC)c1cc2oc3c4ccc(F)cc4[nH]c(=O)c3c2cc1-c1cccc(C(=O)N[C@H]2C3CCC(C3)[C@H]2C(=O)O)c1. The number of carbonyl (C=O) groups excluding carboxylic acids is 1. The fraction of sp³-hybridized carbons (Fsp3) is 0.324. The molecule has 9 heteroatoms. The number of amides is 1. The molecule has 3 aromatic carbocycles. The van der Waals surface area contributed by atoms with Crippen LogP contribution in [0.4, 0.5) is 10.1 Å². The Labute approximate surface area is 246 Å². The van der Waals surface area contributed by atoms with Crippen molar-refractivity contribution < 1.29 is 23.5 Å². The van der Waals surface area contributed by atoms with Crippen molar-refractivity contribution in [1.29, 1.82) is 0 Å². The molecule has 220 valence electrons. The number of nitrogens with one attached hydrogen (secondary N) is 2. The van der Waals surface area contributed by atoms with E-state index >= 15 is 0 Å². The second kappa shape index (κ2) is 10.3. The quantitative estimate of drug-likeness (QED) is 0.208. The number of aromatic amines is 1. The minimum Gasteiger partial charge on any atom is -0.481 e. The highest BCUT2D eigenvalue weighted by Gasteiger charge is 2.51. The zero-order valence-corrected chi connectivity index (χ0v) is 23.9. The molecule has 0 spiro atoms. The Morgan fingerprint density at radius 3 is 2.60 bits per heavy atom. The number of fused-ring (bicyclic) bond motifs is 7. The Balaban J connectivity index is 1.34. The maximum atomic E-state index is 13.9. The molecule has 2 bridgehead atoms. The first-order chi connectivity index (χ1) is 20.8. The van der Waals surface area contributed by atoms with Crippen molar-refractivity contribution in [1.82, 2.24) is 10.3 Å². The van der Waals surface area contributed by atoms with Crippen LogP contribution in [0.2, 0.25) is 0 Å². The van der Waals surface area contributed by atoms with Crippen molar-refractivity contribution in [3.05, 3.63) is 76.3 Å². The largest absolute Gasteiger partial charge is 0.481 e. The zero-order chi connectivity index (χ0) is 30.0. The third-order valence-electron chi connectivity index (χ3n) is 9.55. The van der Waals surface area contributed by atoms with Gasteiger partial charge in [0, 0.05) is 52.8 Å². The Morgan fingerprint density at radius 2 is 1.84 bits per heavy atom. The van der Waals surface area contributed by atoms with Gasteiger partial charge in [0.15, 0.2) is 0 Å². The molecule has 0 aliphatic heterocycles. The number of carboxylic acid groups (broad SMARTS) is 1. The number of pyridine rings is 1. The van der Waals surface area contributed by atoms with Gasteiger partial charge >= 0.3 is 5.97 Å². The lowest BCUT2D eigenvalue weighted by atomic mass is 9.84. The van der Waals surface area contributed by atoms with Crippen LogP contribution in [0, 0.1) is 23.6 Å². The van der Waals surface area contributed by atoms with Gasteiger partial charge in [-0.15, -0.1) is 0 Å². The Morgan fingerprint density at radius 1 is 1.05 bits per heavy atom. The number of aliphatic carboxylic acids is 1. The van der Waals surface area contributed by atoms with Gasteiger partial charge in [-0.05, 0) is 86.9 Å². The van der Waals surface area contributed by atoms with Gasteiger partial charge in [-0.1, -0.05) is 12.1 Å². The van der Waals surface area contributed by atoms with Crippen molar-refractivity contribution in [2.45, 2.75) is 39.2 Å². The van der Waals surface area contributed by atoms with E-state index in [1.807, 2.05) is 30.3 Å². The summed E-state index contributed by atoms with van der Waals surface area (Å²) in [4.78, 5) is 43.7. The van der Waals surface area contributed by atoms with Gasteiger partial charge in [-0.3, -0.25) is 14.4 Å². The lowest BCUT2D eigenvalue weighted by Crippen LogP contribution is -2.46. The molecular weight excluding hydrogens is 549 g/mol. The number of hydrogen-bond acceptors (Lipinski definition) is 5. The summed E-state index contributed by atoms with van der Waals surface area (Å²) in [5, 5.41) is 14.5. The third kappa shape index (κ3) is 4.37. The number of anilines is 1. The lowest BCUT2D eigenvalue weighted by molar-refractivity contribution is -0.144. The first-order valence-electron chi connectivity index (χ1n) is 14.9. The number of carboxylic acids is 1.